The van der Waals surface area contributed by atoms with Gasteiger partial charge in [0.25, 0.3) is 0 Å². The smallest absolute Gasteiger partial charge is 0.318 e. The Kier molecular flexibility index (Phi) is 6.46. The molecule has 2 aromatic carbocycles. The molecular formula is C17H19BrO2. The Balaban J connectivity index is 0.000000612. The molecule has 106 valence electrons. The fraction of sp³-hybridized carbons (Fsp3) is 0.235. The van der Waals surface area contributed by atoms with Gasteiger partial charge in [-0.25, -0.2) is 0 Å². The van der Waals surface area contributed by atoms with Crippen molar-refractivity contribution in [2.75, 3.05) is 5.33 Å². The van der Waals surface area contributed by atoms with Crippen LogP contribution in [0.4, 0.5) is 0 Å². The van der Waals surface area contributed by atoms with Gasteiger partial charge in [-0.3, -0.25) is 4.79 Å². The summed E-state index contributed by atoms with van der Waals surface area (Å²) in [6, 6.07) is 18.6. The van der Waals surface area contributed by atoms with E-state index in [0.717, 1.165) is 16.5 Å². The van der Waals surface area contributed by atoms with Crippen molar-refractivity contribution < 1.29 is 9.90 Å². The summed E-state index contributed by atoms with van der Waals surface area (Å²) in [4.78, 5) is 11.6. The molecule has 0 radical (unpaired) electrons. The molecule has 1 N–H and O–H groups in total. The van der Waals surface area contributed by atoms with Gasteiger partial charge in [0, 0.05) is 5.33 Å². The monoisotopic (exact) mass is 334 g/mol. The molecule has 20 heavy (non-hydrogen) atoms. The molecule has 0 bridgehead atoms. The fourth-order valence-corrected chi connectivity index (χ4v) is 1.96. The molecule has 0 unspecified atom stereocenters. The first-order chi connectivity index (χ1) is 9.57. The summed E-state index contributed by atoms with van der Waals surface area (Å²) < 4.78 is 0. The summed E-state index contributed by atoms with van der Waals surface area (Å²) in [5.41, 5.74) is 0.583. The van der Waals surface area contributed by atoms with Gasteiger partial charge in [0.05, 0.1) is 0 Å². The lowest BCUT2D eigenvalue weighted by Gasteiger charge is -2.25. The Bertz CT molecular complexity index is 484. The summed E-state index contributed by atoms with van der Waals surface area (Å²) in [6.07, 6.45) is 0. The molecule has 3 heteroatoms. The molecular weight excluding hydrogens is 316 g/mol. The van der Waals surface area contributed by atoms with Crippen LogP contribution in [-0.2, 0) is 10.2 Å². The SMILES string of the molecule is CC(C(=O)O)(c1ccccc1)c1ccccc1.CCBr. The average Bonchev–Trinajstić information content (AvgIpc) is 2.49. The number of carboxylic acids is 1. The van der Waals surface area contributed by atoms with Crippen LogP contribution < -0.4 is 0 Å². The van der Waals surface area contributed by atoms with Gasteiger partial charge in [0.15, 0.2) is 0 Å². The zero-order valence-corrected chi connectivity index (χ0v) is 13.3. The van der Waals surface area contributed by atoms with Gasteiger partial charge in [0.1, 0.15) is 5.41 Å². The number of halogens is 1. The van der Waals surface area contributed by atoms with Crippen LogP contribution in [0, 0.1) is 0 Å². The number of alkyl halides is 1. The van der Waals surface area contributed by atoms with Crippen molar-refractivity contribution in [3.8, 4) is 0 Å². The highest BCUT2D eigenvalue weighted by atomic mass is 79.9. The summed E-state index contributed by atoms with van der Waals surface area (Å²) >= 11 is 3.15. The molecule has 0 aliphatic rings. The largest absolute Gasteiger partial charge is 0.480 e. The Morgan fingerprint density at radius 2 is 1.30 bits per heavy atom. The molecule has 0 saturated heterocycles. The third-order valence-electron chi connectivity index (χ3n) is 3.13. The van der Waals surface area contributed by atoms with E-state index in [4.69, 9.17) is 0 Å². The Labute approximate surface area is 128 Å². The zero-order valence-electron chi connectivity index (χ0n) is 11.7. The minimum absolute atomic E-state index is 0.790. The van der Waals surface area contributed by atoms with Crippen LogP contribution >= 0.6 is 15.9 Å². The standard InChI is InChI=1S/C15H14O2.C2H5Br/c1-15(14(16)17,12-8-4-2-5-9-12)13-10-6-3-7-11-13;1-2-3/h2-11H,1H3,(H,16,17);2H2,1H3. The van der Waals surface area contributed by atoms with Gasteiger partial charge in [-0.2, -0.15) is 0 Å². The van der Waals surface area contributed by atoms with Crippen LogP contribution in [0.15, 0.2) is 60.7 Å². The first kappa shape index (κ1) is 16.4. The summed E-state index contributed by atoms with van der Waals surface area (Å²) in [5, 5.41) is 10.6. The van der Waals surface area contributed by atoms with Gasteiger partial charge in [-0.15, -0.1) is 0 Å². The Hall–Kier alpha value is -1.61. The maximum Gasteiger partial charge on any atom is 0.318 e. The van der Waals surface area contributed by atoms with Gasteiger partial charge >= 0.3 is 5.97 Å². The zero-order chi connectivity index (χ0) is 15.0. The second-order valence-corrected chi connectivity index (χ2v) is 5.55. The van der Waals surface area contributed by atoms with E-state index in [1.165, 1.54) is 0 Å². The molecule has 0 spiro atoms. The second-order valence-electron chi connectivity index (χ2n) is 4.43. The number of carbonyl (C=O) groups is 1. The van der Waals surface area contributed by atoms with Gasteiger partial charge in [0.2, 0.25) is 0 Å². The van der Waals surface area contributed by atoms with Crippen LogP contribution in [-0.4, -0.2) is 16.4 Å². The predicted octanol–water partition coefficient (Wildman–Crippen LogP) is 4.48. The average molecular weight is 335 g/mol. The maximum absolute atomic E-state index is 11.6. The molecule has 2 nitrogen and oxygen atoms in total. The highest BCUT2D eigenvalue weighted by Crippen LogP contribution is 2.31. The minimum atomic E-state index is -0.998. The van der Waals surface area contributed by atoms with Crippen molar-refractivity contribution in [3.05, 3.63) is 71.8 Å². The van der Waals surface area contributed by atoms with Crippen LogP contribution in [0.1, 0.15) is 25.0 Å². The summed E-state index contributed by atoms with van der Waals surface area (Å²) in [7, 11) is 0. The molecule has 0 saturated carbocycles. The van der Waals surface area contributed by atoms with E-state index in [9.17, 15) is 9.90 Å². The van der Waals surface area contributed by atoms with Crippen LogP contribution in [0.25, 0.3) is 0 Å². The van der Waals surface area contributed by atoms with Gasteiger partial charge in [-0.05, 0) is 18.1 Å². The lowest BCUT2D eigenvalue weighted by Crippen LogP contribution is -2.33. The van der Waals surface area contributed by atoms with E-state index >= 15 is 0 Å². The molecule has 2 aromatic rings. The fourth-order valence-electron chi connectivity index (χ4n) is 1.96. The normalized spacial score (nSPS) is 10.3. The highest BCUT2D eigenvalue weighted by molar-refractivity contribution is 9.09. The molecule has 0 fully saturated rings. The van der Waals surface area contributed by atoms with Crippen LogP contribution in [0.5, 0.6) is 0 Å². The van der Waals surface area contributed by atoms with Crippen molar-refractivity contribution in [3.63, 3.8) is 0 Å². The lowest BCUT2D eigenvalue weighted by molar-refractivity contribution is -0.141. The second kappa shape index (κ2) is 7.85. The van der Waals surface area contributed by atoms with Crippen molar-refractivity contribution in [2.24, 2.45) is 0 Å². The Morgan fingerprint density at radius 3 is 1.55 bits per heavy atom. The molecule has 0 aromatic heterocycles. The van der Waals surface area contributed by atoms with E-state index in [0.29, 0.717) is 0 Å². The number of carboxylic acid groups (broad SMARTS) is 1. The number of hydrogen-bond donors (Lipinski definition) is 1. The van der Waals surface area contributed by atoms with E-state index in [2.05, 4.69) is 15.9 Å². The highest BCUT2D eigenvalue weighted by Gasteiger charge is 2.36. The third kappa shape index (κ3) is 3.70. The van der Waals surface area contributed by atoms with Crippen LogP contribution in [0.3, 0.4) is 0 Å². The van der Waals surface area contributed by atoms with Crippen molar-refractivity contribution in [1.82, 2.24) is 0 Å². The van der Waals surface area contributed by atoms with E-state index < -0.39 is 11.4 Å². The Morgan fingerprint density at radius 1 is 1.00 bits per heavy atom. The molecule has 0 amide bonds. The first-order valence-electron chi connectivity index (χ1n) is 6.47. The topological polar surface area (TPSA) is 37.3 Å². The van der Waals surface area contributed by atoms with Crippen molar-refractivity contribution >= 4 is 21.9 Å². The quantitative estimate of drug-likeness (QED) is 0.840. The lowest BCUT2D eigenvalue weighted by atomic mass is 9.76. The molecule has 2 rings (SSSR count). The first-order valence-corrected chi connectivity index (χ1v) is 7.59. The maximum atomic E-state index is 11.6. The van der Waals surface area contributed by atoms with E-state index in [1.54, 1.807) is 6.92 Å². The number of aliphatic carboxylic acids is 1. The summed E-state index contributed by atoms with van der Waals surface area (Å²) in [6.45, 7) is 3.78. The molecule has 0 atom stereocenters. The minimum Gasteiger partial charge on any atom is -0.480 e. The predicted molar refractivity (Wildman–Crippen MR) is 86.4 cm³/mol. The number of rotatable bonds is 3. The molecule has 0 heterocycles. The van der Waals surface area contributed by atoms with E-state index in [1.807, 2.05) is 67.6 Å². The third-order valence-corrected chi connectivity index (χ3v) is 3.13. The van der Waals surface area contributed by atoms with Crippen LogP contribution in [0.2, 0.25) is 0 Å². The summed E-state index contributed by atoms with van der Waals surface area (Å²) in [5.74, 6) is -0.838. The van der Waals surface area contributed by atoms with Crippen molar-refractivity contribution in [2.45, 2.75) is 19.3 Å². The van der Waals surface area contributed by atoms with Gasteiger partial charge in [-0.1, -0.05) is 83.5 Å². The molecule has 0 aliphatic carbocycles. The van der Waals surface area contributed by atoms with Crippen molar-refractivity contribution in [1.29, 1.82) is 0 Å². The number of benzene rings is 2. The number of hydrogen-bond acceptors (Lipinski definition) is 1. The molecule has 0 aliphatic heterocycles. The van der Waals surface area contributed by atoms with Gasteiger partial charge < -0.3 is 5.11 Å². The van der Waals surface area contributed by atoms with E-state index in [-0.39, 0.29) is 0 Å².